The van der Waals surface area contributed by atoms with Gasteiger partial charge in [-0.05, 0) is 24.3 Å². The fraction of sp³-hybridized carbons (Fsp3) is 0.200. The molecule has 0 saturated heterocycles. The van der Waals surface area contributed by atoms with Crippen LogP contribution in [0.2, 0.25) is 0 Å². The average molecular weight is 409 g/mol. The number of thiazole rings is 1. The largest absolute Gasteiger partial charge is 0.468 e. The predicted molar refractivity (Wildman–Crippen MR) is 96.3 cm³/mol. The van der Waals surface area contributed by atoms with E-state index in [2.05, 4.69) is 10.1 Å². The fourth-order valence-corrected chi connectivity index (χ4v) is 4.07. The van der Waals surface area contributed by atoms with Crippen molar-refractivity contribution in [2.75, 3.05) is 7.11 Å². The molecule has 142 valence electrons. The maximum atomic E-state index is 12.4. The fourth-order valence-electron chi connectivity index (χ4n) is 2.39. The number of primary sulfonamides is 1. The van der Waals surface area contributed by atoms with Crippen molar-refractivity contribution >= 4 is 43.5 Å². The summed E-state index contributed by atoms with van der Waals surface area (Å²) in [6, 6.07) is 5.71. The Morgan fingerprint density at radius 3 is 2.67 bits per heavy atom. The minimum atomic E-state index is -3.89. The van der Waals surface area contributed by atoms with Gasteiger partial charge in [-0.15, -0.1) is 0 Å². The summed E-state index contributed by atoms with van der Waals surface area (Å²) in [6.45, 7) is -0.192. The molecule has 0 radical (unpaired) electrons. The average Bonchev–Trinajstić information content (AvgIpc) is 3.17. The number of nitrogens with zero attached hydrogens (tertiary/aromatic N) is 4. The molecule has 0 aliphatic heterocycles. The number of hydrogen-bond acceptors (Lipinski definition) is 7. The van der Waals surface area contributed by atoms with E-state index in [9.17, 15) is 18.0 Å². The Bertz CT molecular complexity index is 1220. The molecule has 3 aromatic rings. The molecule has 1 aromatic carbocycles. The van der Waals surface area contributed by atoms with Crippen LogP contribution in [0.4, 0.5) is 0 Å². The number of methoxy groups -OCH3 is 1. The highest BCUT2D eigenvalue weighted by molar-refractivity contribution is 7.89. The van der Waals surface area contributed by atoms with Crippen LogP contribution in [0.5, 0.6) is 0 Å². The minimum Gasteiger partial charge on any atom is -0.468 e. The predicted octanol–water partition coefficient (Wildman–Crippen LogP) is -0.00220. The third-order valence-corrected chi connectivity index (χ3v) is 5.69. The molecule has 0 fully saturated rings. The van der Waals surface area contributed by atoms with Crippen molar-refractivity contribution < 1.29 is 22.7 Å². The van der Waals surface area contributed by atoms with Crippen LogP contribution in [-0.2, 0) is 33.1 Å². The SMILES string of the molecule is COC(=O)Cn1/c(=N/C(=O)c2ccnn2C)sc2cc(S(N)(=O)=O)ccc21. The van der Waals surface area contributed by atoms with E-state index in [1.807, 2.05) is 0 Å². The van der Waals surface area contributed by atoms with Gasteiger partial charge in [0.2, 0.25) is 10.0 Å². The molecule has 3 rings (SSSR count). The van der Waals surface area contributed by atoms with Gasteiger partial charge in [-0.1, -0.05) is 11.3 Å². The van der Waals surface area contributed by atoms with Crippen LogP contribution in [0.1, 0.15) is 10.5 Å². The highest BCUT2D eigenvalue weighted by atomic mass is 32.2. The number of esters is 1. The number of nitrogens with two attached hydrogens (primary N) is 1. The number of sulfonamides is 1. The monoisotopic (exact) mass is 409 g/mol. The Kier molecular flexibility index (Phi) is 4.95. The standard InChI is InChI=1S/C15H15N5O5S2/c1-19-11(5-6-17-19)14(22)18-15-20(8-13(21)25-2)10-4-3-9(27(16,23)24)7-12(10)26-15/h3-7H,8H2,1-2H3,(H2,16,23,24)/b18-15-. The molecule has 0 aliphatic carbocycles. The third-order valence-electron chi connectivity index (χ3n) is 3.73. The molecule has 12 heteroatoms. The van der Waals surface area contributed by atoms with Gasteiger partial charge in [0.1, 0.15) is 12.2 Å². The van der Waals surface area contributed by atoms with Gasteiger partial charge < -0.3 is 9.30 Å². The molecule has 27 heavy (non-hydrogen) atoms. The topological polar surface area (TPSA) is 139 Å². The second-order valence-electron chi connectivity index (χ2n) is 5.48. The van der Waals surface area contributed by atoms with Crippen molar-refractivity contribution in [3.63, 3.8) is 0 Å². The third kappa shape index (κ3) is 3.82. The second-order valence-corrected chi connectivity index (χ2v) is 8.05. The van der Waals surface area contributed by atoms with Crippen LogP contribution in [0, 0.1) is 0 Å². The molecule has 0 atom stereocenters. The first kappa shape index (κ1) is 18.9. The molecule has 2 heterocycles. The van der Waals surface area contributed by atoms with Crippen molar-refractivity contribution in [2.45, 2.75) is 11.4 Å². The Hall–Kier alpha value is -2.83. The number of benzene rings is 1. The maximum absolute atomic E-state index is 12.4. The molecule has 0 aliphatic rings. The number of aromatic nitrogens is 3. The van der Waals surface area contributed by atoms with Gasteiger partial charge in [0, 0.05) is 13.2 Å². The van der Waals surface area contributed by atoms with Crippen molar-refractivity contribution in [1.29, 1.82) is 0 Å². The summed E-state index contributed by atoms with van der Waals surface area (Å²) < 4.78 is 31.2. The summed E-state index contributed by atoms with van der Waals surface area (Å²) in [5.74, 6) is -1.09. The maximum Gasteiger partial charge on any atom is 0.325 e. The van der Waals surface area contributed by atoms with Crippen LogP contribution in [-0.4, -0.2) is 41.8 Å². The lowest BCUT2D eigenvalue weighted by Crippen LogP contribution is -2.22. The first-order valence-corrected chi connectivity index (χ1v) is 9.87. The zero-order valence-electron chi connectivity index (χ0n) is 14.3. The number of ether oxygens (including phenoxy) is 1. The minimum absolute atomic E-state index is 0.0778. The second kappa shape index (κ2) is 7.06. The van der Waals surface area contributed by atoms with E-state index in [0.717, 1.165) is 11.3 Å². The number of rotatable bonds is 4. The molecular weight excluding hydrogens is 394 g/mol. The molecule has 2 N–H and O–H groups in total. The molecule has 1 amide bonds. The van der Waals surface area contributed by atoms with Crippen LogP contribution < -0.4 is 9.94 Å². The van der Waals surface area contributed by atoms with E-state index in [4.69, 9.17) is 9.88 Å². The van der Waals surface area contributed by atoms with E-state index < -0.39 is 21.9 Å². The van der Waals surface area contributed by atoms with Crippen molar-refractivity contribution in [3.8, 4) is 0 Å². The lowest BCUT2D eigenvalue weighted by molar-refractivity contribution is -0.141. The van der Waals surface area contributed by atoms with Crippen molar-refractivity contribution in [3.05, 3.63) is 41.0 Å². The Morgan fingerprint density at radius 1 is 1.33 bits per heavy atom. The lowest BCUT2D eigenvalue weighted by atomic mass is 10.3. The van der Waals surface area contributed by atoms with E-state index in [-0.39, 0.29) is 21.9 Å². The van der Waals surface area contributed by atoms with E-state index in [1.54, 1.807) is 7.05 Å². The molecule has 0 unspecified atom stereocenters. The molecule has 2 aromatic heterocycles. The zero-order chi connectivity index (χ0) is 19.8. The number of carbonyl (C=O) groups excluding carboxylic acids is 2. The van der Waals surface area contributed by atoms with Crippen molar-refractivity contribution in [2.24, 2.45) is 17.2 Å². The van der Waals surface area contributed by atoms with Gasteiger partial charge in [-0.3, -0.25) is 14.3 Å². The first-order valence-electron chi connectivity index (χ1n) is 7.51. The highest BCUT2D eigenvalue weighted by Gasteiger charge is 2.16. The molecule has 0 bridgehead atoms. The first-order chi connectivity index (χ1) is 12.7. The summed E-state index contributed by atoms with van der Waals surface area (Å²) in [6.07, 6.45) is 1.47. The highest BCUT2D eigenvalue weighted by Crippen LogP contribution is 2.21. The number of amides is 1. The van der Waals surface area contributed by atoms with Gasteiger partial charge in [-0.2, -0.15) is 10.1 Å². The Morgan fingerprint density at radius 2 is 2.07 bits per heavy atom. The summed E-state index contributed by atoms with van der Waals surface area (Å²) in [5.41, 5.74) is 0.789. The number of fused-ring (bicyclic) bond motifs is 1. The summed E-state index contributed by atoms with van der Waals surface area (Å²) in [5, 5.41) is 9.09. The van der Waals surface area contributed by atoms with E-state index in [1.165, 1.54) is 46.8 Å². The normalized spacial score (nSPS) is 12.5. The van der Waals surface area contributed by atoms with Gasteiger partial charge in [0.25, 0.3) is 5.91 Å². The van der Waals surface area contributed by atoms with Gasteiger partial charge in [-0.25, -0.2) is 13.6 Å². The Labute approximate surface area is 157 Å². The summed E-state index contributed by atoms with van der Waals surface area (Å²) in [4.78, 5) is 28.4. The summed E-state index contributed by atoms with van der Waals surface area (Å²) in [7, 11) is -1.04. The number of aryl methyl sites for hydroxylation is 1. The van der Waals surface area contributed by atoms with Crippen molar-refractivity contribution in [1.82, 2.24) is 14.3 Å². The molecule has 0 saturated carbocycles. The quantitative estimate of drug-likeness (QED) is 0.602. The zero-order valence-corrected chi connectivity index (χ0v) is 16.0. The van der Waals surface area contributed by atoms with E-state index >= 15 is 0 Å². The smallest absolute Gasteiger partial charge is 0.325 e. The van der Waals surface area contributed by atoms with Crippen LogP contribution in [0.15, 0.2) is 40.4 Å². The van der Waals surface area contributed by atoms with Crippen LogP contribution in [0.3, 0.4) is 0 Å². The van der Waals surface area contributed by atoms with Gasteiger partial charge in [0.05, 0.1) is 22.2 Å². The van der Waals surface area contributed by atoms with Crippen LogP contribution in [0.25, 0.3) is 10.2 Å². The number of carbonyl (C=O) groups is 2. The van der Waals surface area contributed by atoms with E-state index in [0.29, 0.717) is 10.2 Å². The lowest BCUT2D eigenvalue weighted by Gasteiger charge is -2.04. The number of hydrogen-bond donors (Lipinski definition) is 1. The van der Waals surface area contributed by atoms with Crippen LogP contribution >= 0.6 is 11.3 Å². The molecular formula is C15H15N5O5S2. The summed E-state index contributed by atoms with van der Waals surface area (Å²) >= 11 is 1.06. The molecule has 10 nitrogen and oxygen atoms in total. The Balaban J connectivity index is 2.21. The van der Waals surface area contributed by atoms with Gasteiger partial charge >= 0.3 is 5.97 Å². The van der Waals surface area contributed by atoms with Gasteiger partial charge in [0.15, 0.2) is 4.80 Å². The molecule has 0 spiro atoms.